The van der Waals surface area contributed by atoms with Gasteiger partial charge in [-0.1, -0.05) is 11.7 Å². The number of nitrogens with zero attached hydrogens (tertiary/aromatic N) is 2. The first-order valence-electron chi connectivity index (χ1n) is 13.2. The van der Waals surface area contributed by atoms with E-state index >= 15 is 0 Å². The largest absolute Gasteiger partial charge is 0.496 e. The van der Waals surface area contributed by atoms with Crippen LogP contribution in [0.4, 0.5) is 0 Å². The molecule has 0 saturated carbocycles. The van der Waals surface area contributed by atoms with Crippen LogP contribution in [0.15, 0.2) is 41.6 Å². The highest BCUT2D eigenvalue weighted by atomic mass is 16.7. The second-order valence-corrected chi connectivity index (χ2v) is 10.3. The van der Waals surface area contributed by atoms with Gasteiger partial charge in [0.05, 0.1) is 26.1 Å². The fraction of sp³-hybridized carbons (Fsp3) is 0.414. The van der Waals surface area contributed by atoms with Crippen molar-refractivity contribution in [2.24, 2.45) is 5.16 Å². The predicted molar refractivity (Wildman–Crippen MR) is 141 cm³/mol. The Morgan fingerprint density at radius 3 is 2.80 bits per heavy atom. The average Bonchev–Trinajstić information content (AvgIpc) is 3.68. The van der Waals surface area contributed by atoms with Gasteiger partial charge in [0.1, 0.15) is 41.4 Å². The number of rotatable bonds is 8. The van der Waals surface area contributed by atoms with Crippen LogP contribution in [-0.2, 0) is 32.2 Å². The SMILES string of the molecule is C=C(C)[C@H]1Cc2c(ccc(C3=NOC4COc5cc(CO)c(OC)cc5C34)c2OCC(=O)OC2C(=O)CC[N+]2=O)O1. The van der Waals surface area contributed by atoms with Crippen LogP contribution in [0, 0.1) is 4.91 Å². The van der Waals surface area contributed by atoms with Gasteiger partial charge in [-0.3, -0.25) is 4.79 Å². The zero-order valence-corrected chi connectivity index (χ0v) is 22.6. The predicted octanol–water partition coefficient (Wildman–Crippen LogP) is 2.35. The van der Waals surface area contributed by atoms with Crippen molar-refractivity contribution in [3.8, 4) is 23.0 Å². The van der Waals surface area contributed by atoms with Crippen molar-refractivity contribution in [3.63, 3.8) is 0 Å². The molecule has 0 radical (unpaired) electrons. The van der Waals surface area contributed by atoms with Gasteiger partial charge in [0, 0.05) is 38.3 Å². The van der Waals surface area contributed by atoms with Gasteiger partial charge < -0.3 is 33.6 Å². The van der Waals surface area contributed by atoms with Crippen molar-refractivity contribution in [1.82, 2.24) is 0 Å². The molecule has 3 unspecified atom stereocenters. The van der Waals surface area contributed by atoms with Crippen LogP contribution in [0.25, 0.3) is 0 Å². The van der Waals surface area contributed by atoms with Gasteiger partial charge >= 0.3 is 12.2 Å². The van der Waals surface area contributed by atoms with E-state index in [1.54, 1.807) is 18.2 Å². The summed E-state index contributed by atoms with van der Waals surface area (Å²) in [6.07, 6.45) is -1.69. The van der Waals surface area contributed by atoms with E-state index in [0.717, 1.165) is 16.7 Å². The molecular formula is C29H29N2O10+. The Bertz CT molecular complexity index is 1480. The molecule has 4 aliphatic rings. The molecule has 2 aromatic rings. The van der Waals surface area contributed by atoms with Crippen LogP contribution in [0.5, 0.6) is 23.0 Å². The summed E-state index contributed by atoms with van der Waals surface area (Å²) in [5.41, 5.74) is 4.04. The molecule has 214 valence electrons. The number of aliphatic hydroxyl groups excluding tert-OH is 1. The first-order valence-corrected chi connectivity index (χ1v) is 13.2. The second kappa shape index (κ2) is 10.5. The summed E-state index contributed by atoms with van der Waals surface area (Å²) in [6, 6.07) is 7.15. The summed E-state index contributed by atoms with van der Waals surface area (Å²) in [6.45, 7) is 5.33. The van der Waals surface area contributed by atoms with Gasteiger partial charge in [0.2, 0.25) is 6.54 Å². The highest BCUT2D eigenvalue weighted by Gasteiger charge is 2.45. The number of benzene rings is 2. The van der Waals surface area contributed by atoms with E-state index in [2.05, 4.69) is 11.7 Å². The topological polar surface area (TPSA) is 142 Å². The van der Waals surface area contributed by atoms with Gasteiger partial charge in [-0.05, 0) is 36.8 Å². The lowest BCUT2D eigenvalue weighted by Gasteiger charge is -2.29. The minimum atomic E-state index is -1.46. The number of Topliss-reactive ketones (excluding diaryl/α,β-unsaturated/α-hetero) is 1. The molecule has 12 nitrogen and oxygen atoms in total. The molecule has 0 aliphatic carbocycles. The smallest absolute Gasteiger partial charge is 0.405 e. The second-order valence-electron chi connectivity index (χ2n) is 10.3. The monoisotopic (exact) mass is 565 g/mol. The number of nitroso groups, excluding NO2 is 1. The van der Waals surface area contributed by atoms with Crippen LogP contribution in [0.3, 0.4) is 0 Å². The van der Waals surface area contributed by atoms with Crippen LogP contribution >= 0.6 is 0 Å². The average molecular weight is 566 g/mol. The van der Waals surface area contributed by atoms with Crippen molar-refractivity contribution in [2.75, 3.05) is 26.9 Å². The zero-order chi connectivity index (χ0) is 28.8. The first-order chi connectivity index (χ1) is 19.8. The minimum Gasteiger partial charge on any atom is -0.496 e. The Hall–Kier alpha value is -4.45. The van der Waals surface area contributed by atoms with Crippen molar-refractivity contribution in [2.45, 2.75) is 50.7 Å². The number of hydrogen-bond donors (Lipinski definition) is 1. The molecule has 4 aliphatic heterocycles. The third-order valence-corrected chi connectivity index (χ3v) is 7.67. The van der Waals surface area contributed by atoms with Crippen LogP contribution in [0.2, 0.25) is 0 Å². The number of carbonyl (C=O) groups excluding carboxylic acids is 2. The van der Waals surface area contributed by atoms with E-state index in [1.165, 1.54) is 7.11 Å². The van der Waals surface area contributed by atoms with Crippen LogP contribution in [-0.4, -0.2) is 72.6 Å². The molecule has 1 N–H and O–H groups in total. The number of esters is 1. The van der Waals surface area contributed by atoms with E-state index in [-0.39, 0.29) is 38.2 Å². The molecule has 2 aromatic carbocycles. The Morgan fingerprint density at radius 2 is 2.10 bits per heavy atom. The molecule has 4 heterocycles. The molecule has 12 heteroatoms. The maximum absolute atomic E-state index is 12.7. The molecule has 6 rings (SSSR count). The molecule has 0 bridgehead atoms. The Morgan fingerprint density at radius 1 is 1.27 bits per heavy atom. The Kier molecular flexibility index (Phi) is 6.86. The lowest BCUT2D eigenvalue weighted by atomic mass is 9.83. The third-order valence-electron chi connectivity index (χ3n) is 7.67. The highest BCUT2D eigenvalue weighted by Crippen LogP contribution is 2.47. The molecule has 41 heavy (non-hydrogen) atoms. The van der Waals surface area contributed by atoms with Gasteiger partial charge in [0.15, 0.2) is 12.7 Å². The number of hydrogen-bond acceptors (Lipinski definition) is 11. The summed E-state index contributed by atoms with van der Waals surface area (Å²) in [7, 11) is 1.52. The number of aliphatic hydroxyl groups is 1. The number of carbonyl (C=O) groups is 2. The molecule has 1 saturated heterocycles. The lowest BCUT2D eigenvalue weighted by molar-refractivity contribution is -0.594. The Labute approximate surface area is 235 Å². The number of ketones is 1. The number of ether oxygens (including phenoxy) is 5. The van der Waals surface area contributed by atoms with Crippen molar-refractivity contribution in [3.05, 3.63) is 63.6 Å². The normalized spacial score (nSPS) is 23.8. The fourth-order valence-electron chi connectivity index (χ4n) is 5.55. The standard InChI is InChI=1S/C29H29N2O10/c1-14(2)21-10-18-20(39-21)5-4-16(28(18)38-13-25(34)40-29-19(33)6-7-31(29)35)27-26-17-9-22(36-3)15(11-32)8-23(17)37-12-24(26)41-30-27/h4-5,8-9,21,24,26,29,32H,1,6-7,10-13H2,2-3H3/q+1/t21-,24?,26?,29?/m1/s1. The molecule has 0 aromatic heterocycles. The van der Waals surface area contributed by atoms with Crippen LogP contribution < -0.4 is 18.9 Å². The van der Waals surface area contributed by atoms with Gasteiger partial charge in [0.25, 0.3) is 5.78 Å². The maximum Gasteiger partial charge on any atom is 0.405 e. The number of fused-ring (bicyclic) bond motifs is 4. The third kappa shape index (κ3) is 4.67. The number of methoxy groups -OCH3 is 1. The number of oxime groups is 1. The molecule has 4 atom stereocenters. The quantitative estimate of drug-likeness (QED) is 0.288. The molecule has 1 fully saturated rings. The zero-order valence-electron chi connectivity index (χ0n) is 22.6. The van der Waals surface area contributed by atoms with E-state index in [1.807, 2.05) is 13.0 Å². The van der Waals surface area contributed by atoms with Gasteiger partial charge in [-0.15, -0.1) is 0 Å². The summed E-state index contributed by atoms with van der Waals surface area (Å²) in [5, 5.41) is 14.2. The fourth-order valence-corrected chi connectivity index (χ4v) is 5.55. The van der Waals surface area contributed by atoms with Gasteiger partial charge in [-0.2, -0.15) is 0 Å². The first kappa shape index (κ1) is 26.8. The van der Waals surface area contributed by atoms with Crippen molar-refractivity contribution >= 4 is 17.5 Å². The highest BCUT2D eigenvalue weighted by molar-refractivity contribution is 6.09. The van der Waals surface area contributed by atoms with Crippen LogP contribution in [0.1, 0.15) is 41.5 Å². The molecule has 0 spiro atoms. The summed E-state index contributed by atoms with van der Waals surface area (Å²) >= 11 is 0. The Balaban J connectivity index is 1.35. The van der Waals surface area contributed by atoms with Crippen molar-refractivity contribution < 1.29 is 48.0 Å². The summed E-state index contributed by atoms with van der Waals surface area (Å²) in [4.78, 5) is 42.3. The maximum atomic E-state index is 12.7. The van der Waals surface area contributed by atoms with E-state index in [9.17, 15) is 19.6 Å². The van der Waals surface area contributed by atoms with Crippen molar-refractivity contribution in [1.29, 1.82) is 0 Å². The van der Waals surface area contributed by atoms with E-state index in [4.69, 9.17) is 28.5 Å². The molecule has 0 amide bonds. The lowest BCUT2D eigenvalue weighted by Crippen LogP contribution is -2.33. The van der Waals surface area contributed by atoms with Gasteiger partial charge in [-0.25, -0.2) is 4.79 Å². The summed E-state index contributed by atoms with van der Waals surface area (Å²) < 4.78 is 29.1. The van der Waals surface area contributed by atoms with E-state index < -0.39 is 30.7 Å². The minimum absolute atomic E-state index is 0.0221. The summed E-state index contributed by atoms with van der Waals surface area (Å²) in [5.74, 6) is 0.350. The molecular weight excluding hydrogens is 536 g/mol. The van der Waals surface area contributed by atoms with E-state index in [0.29, 0.717) is 51.0 Å².